The van der Waals surface area contributed by atoms with Crippen molar-refractivity contribution in [2.75, 3.05) is 27.2 Å². The van der Waals surface area contributed by atoms with E-state index in [1.54, 1.807) is 0 Å². The molecule has 0 spiro atoms. The molecule has 0 aromatic rings. The van der Waals surface area contributed by atoms with E-state index in [9.17, 15) is 0 Å². The lowest BCUT2D eigenvalue weighted by molar-refractivity contribution is 0.0973. The van der Waals surface area contributed by atoms with Gasteiger partial charge in [0.1, 0.15) is 0 Å². The number of ether oxygens (including phenoxy) is 1. The maximum absolute atomic E-state index is 5.59. The first-order chi connectivity index (χ1) is 6.18. The summed E-state index contributed by atoms with van der Waals surface area (Å²) in [5.41, 5.74) is 0. The first-order valence-corrected chi connectivity index (χ1v) is 5.45. The SMILES string of the molecule is CC(CCC1CCCO1)CN(C)C. The van der Waals surface area contributed by atoms with E-state index in [1.807, 2.05) is 0 Å². The van der Waals surface area contributed by atoms with Gasteiger partial charge in [0, 0.05) is 13.2 Å². The summed E-state index contributed by atoms with van der Waals surface area (Å²) in [6, 6.07) is 0. The van der Waals surface area contributed by atoms with Crippen molar-refractivity contribution in [3.8, 4) is 0 Å². The Kier molecular flexibility index (Phi) is 4.74. The molecule has 13 heavy (non-hydrogen) atoms. The monoisotopic (exact) mass is 185 g/mol. The molecule has 1 saturated heterocycles. The van der Waals surface area contributed by atoms with E-state index in [1.165, 1.54) is 32.2 Å². The summed E-state index contributed by atoms with van der Waals surface area (Å²) in [6.45, 7) is 4.52. The van der Waals surface area contributed by atoms with Crippen LogP contribution >= 0.6 is 0 Å². The summed E-state index contributed by atoms with van der Waals surface area (Å²) >= 11 is 0. The Morgan fingerprint density at radius 3 is 2.77 bits per heavy atom. The van der Waals surface area contributed by atoms with Gasteiger partial charge >= 0.3 is 0 Å². The molecule has 1 fully saturated rings. The van der Waals surface area contributed by atoms with E-state index < -0.39 is 0 Å². The summed E-state index contributed by atoms with van der Waals surface area (Å²) < 4.78 is 5.59. The normalized spacial score (nSPS) is 25.4. The largest absolute Gasteiger partial charge is 0.378 e. The molecular weight excluding hydrogens is 162 g/mol. The molecule has 0 aromatic carbocycles. The lowest BCUT2D eigenvalue weighted by Crippen LogP contribution is -2.20. The molecule has 78 valence electrons. The Balaban J connectivity index is 2.03. The molecular formula is C11H23NO. The van der Waals surface area contributed by atoms with Gasteiger partial charge in [0.2, 0.25) is 0 Å². The third-order valence-corrected chi connectivity index (χ3v) is 2.68. The third kappa shape index (κ3) is 4.63. The fraction of sp³-hybridized carbons (Fsp3) is 1.00. The maximum Gasteiger partial charge on any atom is 0.0576 e. The minimum absolute atomic E-state index is 0.574. The average Bonchev–Trinajstić information content (AvgIpc) is 2.51. The zero-order chi connectivity index (χ0) is 9.68. The molecule has 2 heteroatoms. The molecule has 1 aliphatic rings. The fourth-order valence-corrected chi connectivity index (χ4v) is 2.06. The lowest BCUT2D eigenvalue weighted by Gasteiger charge is -2.18. The van der Waals surface area contributed by atoms with Gasteiger partial charge in [0.15, 0.2) is 0 Å². The van der Waals surface area contributed by atoms with Crippen molar-refractivity contribution in [2.24, 2.45) is 5.92 Å². The number of hydrogen-bond donors (Lipinski definition) is 0. The average molecular weight is 185 g/mol. The van der Waals surface area contributed by atoms with Gasteiger partial charge in [-0.15, -0.1) is 0 Å². The van der Waals surface area contributed by atoms with Crippen molar-refractivity contribution < 1.29 is 4.74 Å². The summed E-state index contributed by atoms with van der Waals surface area (Å²) in [5, 5.41) is 0. The van der Waals surface area contributed by atoms with Crippen molar-refractivity contribution in [3.63, 3.8) is 0 Å². The van der Waals surface area contributed by atoms with Gasteiger partial charge in [-0.1, -0.05) is 6.92 Å². The molecule has 1 aliphatic heterocycles. The van der Waals surface area contributed by atoms with Crippen LogP contribution in [0.4, 0.5) is 0 Å². The smallest absolute Gasteiger partial charge is 0.0576 e. The second-order valence-electron chi connectivity index (χ2n) is 4.58. The highest BCUT2D eigenvalue weighted by Crippen LogP contribution is 2.19. The molecule has 1 heterocycles. The Morgan fingerprint density at radius 1 is 1.46 bits per heavy atom. The topological polar surface area (TPSA) is 12.5 Å². The lowest BCUT2D eigenvalue weighted by atomic mass is 10.0. The molecule has 0 aliphatic carbocycles. The molecule has 1 rings (SSSR count). The van der Waals surface area contributed by atoms with Crippen LogP contribution in [-0.4, -0.2) is 38.3 Å². The van der Waals surface area contributed by atoms with Crippen molar-refractivity contribution >= 4 is 0 Å². The predicted molar refractivity (Wildman–Crippen MR) is 55.9 cm³/mol. The standard InChI is InChI=1S/C11H23NO/c1-10(9-12(2)3)6-7-11-5-4-8-13-11/h10-11H,4-9H2,1-3H3. The van der Waals surface area contributed by atoms with Gasteiger partial charge in [0.05, 0.1) is 6.10 Å². The number of nitrogens with zero attached hydrogens (tertiary/aromatic N) is 1. The van der Waals surface area contributed by atoms with Gasteiger partial charge in [0.25, 0.3) is 0 Å². The van der Waals surface area contributed by atoms with E-state index in [-0.39, 0.29) is 0 Å². The number of rotatable bonds is 5. The van der Waals surface area contributed by atoms with Crippen LogP contribution in [0.3, 0.4) is 0 Å². The second-order valence-corrected chi connectivity index (χ2v) is 4.58. The van der Waals surface area contributed by atoms with Crippen molar-refractivity contribution in [2.45, 2.75) is 38.7 Å². The Hall–Kier alpha value is -0.0800. The van der Waals surface area contributed by atoms with Crippen LogP contribution in [0.1, 0.15) is 32.6 Å². The van der Waals surface area contributed by atoms with Gasteiger partial charge in [-0.2, -0.15) is 0 Å². The molecule has 0 amide bonds. The van der Waals surface area contributed by atoms with Crippen LogP contribution in [0.25, 0.3) is 0 Å². The summed E-state index contributed by atoms with van der Waals surface area (Å²) in [4.78, 5) is 2.26. The van der Waals surface area contributed by atoms with Crippen molar-refractivity contribution in [3.05, 3.63) is 0 Å². The van der Waals surface area contributed by atoms with Crippen LogP contribution in [0.15, 0.2) is 0 Å². The first kappa shape index (κ1) is 11.0. The molecule has 0 bridgehead atoms. The van der Waals surface area contributed by atoms with Crippen LogP contribution in [-0.2, 0) is 4.74 Å². The first-order valence-electron chi connectivity index (χ1n) is 5.45. The maximum atomic E-state index is 5.59. The highest BCUT2D eigenvalue weighted by molar-refractivity contribution is 4.67. The van der Waals surface area contributed by atoms with Crippen LogP contribution in [0, 0.1) is 5.92 Å². The Bertz CT molecular complexity index is 130. The van der Waals surface area contributed by atoms with Crippen molar-refractivity contribution in [1.29, 1.82) is 0 Å². The number of hydrogen-bond acceptors (Lipinski definition) is 2. The molecule has 2 unspecified atom stereocenters. The fourth-order valence-electron chi connectivity index (χ4n) is 2.06. The molecule has 0 aromatic heterocycles. The minimum atomic E-state index is 0.574. The third-order valence-electron chi connectivity index (χ3n) is 2.68. The van der Waals surface area contributed by atoms with Crippen LogP contribution < -0.4 is 0 Å². The Labute approximate surface area is 82.3 Å². The highest BCUT2D eigenvalue weighted by atomic mass is 16.5. The molecule has 0 saturated carbocycles. The van der Waals surface area contributed by atoms with E-state index in [0.29, 0.717) is 6.10 Å². The Morgan fingerprint density at radius 2 is 2.23 bits per heavy atom. The van der Waals surface area contributed by atoms with Gasteiger partial charge < -0.3 is 9.64 Å². The predicted octanol–water partition coefficient (Wildman–Crippen LogP) is 2.14. The van der Waals surface area contributed by atoms with Gasteiger partial charge in [-0.25, -0.2) is 0 Å². The summed E-state index contributed by atoms with van der Waals surface area (Å²) in [6.07, 6.45) is 5.70. The van der Waals surface area contributed by atoms with E-state index >= 15 is 0 Å². The van der Waals surface area contributed by atoms with Crippen LogP contribution in [0.5, 0.6) is 0 Å². The zero-order valence-electron chi connectivity index (χ0n) is 9.25. The molecule has 2 nitrogen and oxygen atoms in total. The van der Waals surface area contributed by atoms with Gasteiger partial charge in [-0.05, 0) is 45.7 Å². The van der Waals surface area contributed by atoms with Gasteiger partial charge in [-0.3, -0.25) is 0 Å². The van der Waals surface area contributed by atoms with E-state index in [0.717, 1.165) is 12.5 Å². The van der Waals surface area contributed by atoms with Crippen LogP contribution in [0.2, 0.25) is 0 Å². The second kappa shape index (κ2) is 5.61. The molecule has 2 atom stereocenters. The zero-order valence-corrected chi connectivity index (χ0v) is 9.25. The summed E-state index contributed by atoms with van der Waals surface area (Å²) in [5.74, 6) is 0.805. The molecule has 0 radical (unpaired) electrons. The summed E-state index contributed by atoms with van der Waals surface area (Å²) in [7, 11) is 4.28. The van der Waals surface area contributed by atoms with Crippen molar-refractivity contribution in [1.82, 2.24) is 4.90 Å². The highest BCUT2D eigenvalue weighted by Gasteiger charge is 2.16. The van der Waals surface area contributed by atoms with E-state index in [2.05, 4.69) is 25.9 Å². The quantitative estimate of drug-likeness (QED) is 0.650. The van der Waals surface area contributed by atoms with E-state index in [4.69, 9.17) is 4.74 Å². The molecule has 0 N–H and O–H groups in total. The minimum Gasteiger partial charge on any atom is -0.378 e.